The molecule has 4 rings (SSSR count). The van der Waals surface area contributed by atoms with Gasteiger partial charge in [-0.2, -0.15) is 10.1 Å². The lowest BCUT2D eigenvalue weighted by Crippen LogP contribution is -2.46. The molecule has 1 aliphatic rings. The third-order valence-corrected chi connectivity index (χ3v) is 4.44. The standard InChI is InChI=1S/C20H20N6O2/c27-15-25-10-12-26(13-11-25)19-14-21-24-20(23-19)22-17-8-4-5-9-18(17)28-16-6-2-1-3-7-16/h1-9,14-15H,10-13H2,(H,22,23,24). The Morgan fingerprint density at radius 1 is 0.964 bits per heavy atom. The minimum atomic E-state index is 0.388. The van der Waals surface area contributed by atoms with Gasteiger partial charge in [0, 0.05) is 26.2 Å². The lowest BCUT2D eigenvalue weighted by molar-refractivity contribution is -0.118. The van der Waals surface area contributed by atoms with E-state index < -0.39 is 0 Å². The van der Waals surface area contributed by atoms with Gasteiger partial charge in [-0.25, -0.2) is 0 Å². The van der Waals surface area contributed by atoms with Crippen molar-refractivity contribution in [1.29, 1.82) is 0 Å². The molecule has 3 aromatic rings. The van der Waals surface area contributed by atoms with E-state index in [1.807, 2.05) is 54.6 Å². The first-order valence-corrected chi connectivity index (χ1v) is 9.05. The lowest BCUT2D eigenvalue weighted by Gasteiger charge is -2.33. The molecular formula is C20H20N6O2. The average Bonchev–Trinajstić information content (AvgIpc) is 2.76. The number of ether oxygens (including phenoxy) is 1. The SMILES string of the molecule is O=CN1CCN(c2cnnc(Nc3ccccc3Oc3ccccc3)n2)CC1. The summed E-state index contributed by atoms with van der Waals surface area (Å²) in [5, 5.41) is 11.3. The summed E-state index contributed by atoms with van der Waals surface area (Å²) >= 11 is 0. The van der Waals surface area contributed by atoms with Crippen LogP contribution in [0.2, 0.25) is 0 Å². The highest BCUT2D eigenvalue weighted by molar-refractivity contribution is 5.63. The van der Waals surface area contributed by atoms with E-state index in [9.17, 15) is 4.79 Å². The third kappa shape index (κ3) is 4.17. The van der Waals surface area contributed by atoms with Crippen LogP contribution in [0.25, 0.3) is 0 Å². The van der Waals surface area contributed by atoms with E-state index in [1.54, 1.807) is 11.1 Å². The van der Waals surface area contributed by atoms with E-state index in [-0.39, 0.29) is 0 Å². The Kier molecular flexibility index (Phi) is 5.28. The van der Waals surface area contributed by atoms with E-state index in [1.165, 1.54) is 0 Å². The van der Waals surface area contributed by atoms with Crippen molar-refractivity contribution < 1.29 is 9.53 Å². The Labute approximate surface area is 162 Å². The topological polar surface area (TPSA) is 83.5 Å². The van der Waals surface area contributed by atoms with Crippen LogP contribution in [0.1, 0.15) is 0 Å². The summed E-state index contributed by atoms with van der Waals surface area (Å²) < 4.78 is 5.96. The predicted octanol–water partition coefficient (Wildman–Crippen LogP) is 2.69. The molecule has 0 saturated carbocycles. The number of nitrogens with one attached hydrogen (secondary N) is 1. The van der Waals surface area contributed by atoms with E-state index in [2.05, 4.69) is 25.4 Å². The molecule has 1 N–H and O–H groups in total. The number of benzene rings is 2. The maximum absolute atomic E-state index is 10.9. The van der Waals surface area contributed by atoms with Crippen molar-refractivity contribution in [1.82, 2.24) is 20.1 Å². The zero-order valence-corrected chi connectivity index (χ0v) is 15.2. The normalized spacial score (nSPS) is 13.9. The summed E-state index contributed by atoms with van der Waals surface area (Å²) in [4.78, 5) is 19.3. The Morgan fingerprint density at radius 3 is 2.50 bits per heavy atom. The largest absolute Gasteiger partial charge is 0.455 e. The highest BCUT2D eigenvalue weighted by Gasteiger charge is 2.18. The number of anilines is 3. The molecule has 0 radical (unpaired) electrons. The number of hydrogen-bond donors (Lipinski definition) is 1. The van der Waals surface area contributed by atoms with Crippen LogP contribution in [0, 0.1) is 0 Å². The quantitative estimate of drug-likeness (QED) is 0.662. The van der Waals surface area contributed by atoms with Gasteiger partial charge in [0.2, 0.25) is 12.4 Å². The number of piperazine rings is 1. The Balaban J connectivity index is 1.50. The Hall–Kier alpha value is -3.68. The molecule has 0 unspecified atom stereocenters. The van der Waals surface area contributed by atoms with Gasteiger partial charge in [-0.1, -0.05) is 30.3 Å². The fourth-order valence-electron chi connectivity index (χ4n) is 2.95. The minimum Gasteiger partial charge on any atom is -0.455 e. The van der Waals surface area contributed by atoms with Crippen LogP contribution in [-0.2, 0) is 4.79 Å². The zero-order chi connectivity index (χ0) is 19.2. The number of aromatic nitrogens is 3. The van der Waals surface area contributed by atoms with Gasteiger partial charge in [-0.05, 0) is 24.3 Å². The van der Waals surface area contributed by atoms with Crippen molar-refractivity contribution in [3.8, 4) is 11.5 Å². The highest BCUT2D eigenvalue weighted by Crippen LogP contribution is 2.30. The first-order chi connectivity index (χ1) is 13.8. The molecule has 8 nitrogen and oxygen atoms in total. The molecule has 8 heteroatoms. The van der Waals surface area contributed by atoms with Gasteiger partial charge in [0.15, 0.2) is 11.6 Å². The molecule has 0 aliphatic carbocycles. The van der Waals surface area contributed by atoms with Crippen molar-refractivity contribution in [2.24, 2.45) is 0 Å². The van der Waals surface area contributed by atoms with Crippen molar-refractivity contribution in [2.45, 2.75) is 0 Å². The molecule has 1 aliphatic heterocycles. The molecule has 2 aromatic carbocycles. The molecule has 0 bridgehead atoms. The second-order valence-electron chi connectivity index (χ2n) is 6.30. The summed E-state index contributed by atoms with van der Waals surface area (Å²) in [7, 11) is 0. The molecule has 0 atom stereocenters. The molecular weight excluding hydrogens is 356 g/mol. The summed E-state index contributed by atoms with van der Waals surface area (Å²) in [5.74, 6) is 2.53. The number of nitrogens with zero attached hydrogens (tertiary/aromatic N) is 5. The molecule has 1 aromatic heterocycles. The highest BCUT2D eigenvalue weighted by atomic mass is 16.5. The van der Waals surface area contributed by atoms with Crippen LogP contribution < -0.4 is 15.0 Å². The van der Waals surface area contributed by atoms with Crippen LogP contribution >= 0.6 is 0 Å². The Bertz CT molecular complexity index is 929. The first kappa shape index (κ1) is 17.7. The molecule has 2 heterocycles. The third-order valence-electron chi connectivity index (χ3n) is 4.44. The maximum atomic E-state index is 10.9. The summed E-state index contributed by atoms with van der Waals surface area (Å²) in [5.41, 5.74) is 0.746. The molecule has 1 amide bonds. The average molecular weight is 376 g/mol. The van der Waals surface area contributed by atoms with Crippen LogP contribution in [0.4, 0.5) is 17.5 Å². The second-order valence-corrected chi connectivity index (χ2v) is 6.30. The number of para-hydroxylation sites is 3. The van der Waals surface area contributed by atoms with E-state index >= 15 is 0 Å². The van der Waals surface area contributed by atoms with Gasteiger partial charge >= 0.3 is 0 Å². The molecule has 1 fully saturated rings. The number of rotatable bonds is 6. The smallest absolute Gasteiger partial charge is 0.249 e. The van der Waals surface area contributed by atoms with Crippen LogP contribution in [0.5, 0.6) is 11.5 Å². The summed E-state index contributed by atoms with van der Waals surface area (Å²) in [6.07, 6.45) is 2.51. The molecule has 142 valence electrons. The Morgan fingerprint density at radius 2 is 1.71 bits per heavy atom. The molecule has 0 spiro atoms. The number of carbonyl (C=O) groups is 1. The minimum absolute atomic E-state index is 0.388. The summed E-state index contributed by atoms with van der Waals surface area (Å²) in [6, 6.07) is 17.2. The van der Waals surface area contributed by atoms with Gasteiger partial charge in [0.1, 0.15) is 5.75 Å². The number of amides is 1. The van der Waals surface area contributed by atoms with Crippen LogP contribution in [0.3, 0.4) is 0 Å². The van der Waals surface area contributed by atoms with E-state index in [0.29, 0.717) is 37.9 Å². The van der Waals surface area contributed by atoms with Crippen molar-refractivity contribution in [3.05, 3.63) is 60.8 Å². The van der Waals surface area contributed by atoms with Crippen LogP contribution in [-0.4, -0.2) is 52.7 Å². The van der Waals surface area contributed by atoms with Gasteiger partial charge in [-0.15, -0.1) is 5.10 Å². The number of carbonyl (C=O) groups excluding carboxylic acids is 1. The second kappa shape index (κ2) is 8.34. The maximum Gasteiger partial charge on any atom is 0.249 e. The van der Waals surface area contributed by atoms with Crippen LogP contribution in [0.15, 0.2) is 60.8 Å². The lowest BCUT2D eigenvalue weighted by atomic mass is 10.3. The summed E-state index contributed by atoms with van der Waals surface area (Å²) in [6.45, 7) is 2.77. The van der Waals surface area contributed by atoms with E-state index in [0.717, 1.165) is 23.7 Å². The van der Waals surface area contributed by atoms with Gasteiger partial charge in [0.25, 0.3) is 0 Å². The number of hydrogen-bond acceptors (Lipinski definition) is 7. The first-order valence-electron chi connectivity index (χ1n) is 9.05. The fourth-order valence-corrected chi connectivity index (χ4v) is 2.95. The zero-order valence-electron chi connectivity index (χ0n) is 15.2. The van der Waals surface area contributed by atoms with Gasteiger partial charge in [-0.3, -0.25) is 4.79 Å². The van der Waals surface area contributed by atoms with Crippen molar-refractivity contribution in [3.63, 3.8) is 0 Å². The predicted molar refractivity (Wildman–Crippen MR) is 106 cm³/mol. The molecule has 1 saturated heterocycles. The van der Waals surface area contributed by atoms with Crippen molar-refractivity contribution in [2.75, 3.05) is 36.4 Å². The van der Waals surface area contributed by atoms with Gasteiger partial charge < -0.3 is 19.9 Å². The fraction of sp³-hybridized carbons (Fsp3) is 0.200. The monoisotopic (exact) mass is 376 g/mol. The van der Waals surface area contributed by atoms with Crippen molar-refractivity contribution >= 4 is 23.9 Å². The molecule has 28 heavy (non-hydrogen) atoms. The van der Waals surface area contributed by atoms with E-state index in [4.69, 9.17) is 4.74 Å². The van der Waals surface area contributed by atoms with Gasteiger partial charge in [0.05, 0.1) is 11.9 Å².